The zero-order valence-electron chi connectivity index (χ0n) is 20.5. The third-order valence-electron chi connectivity index (χ3n) is 6.20. The van der Waals surface area contributed by atoms with Crippen LogP contribution in [0.25, 0.3) is 16.9 Å². The van der Waals surface area contributed by atoms with Gasteiger partial charge in [-0.05, 0) is 28.8 Å². The Morgan fingerprint density at radius 1 is 0.895 bits per heavy atom. The lowest BCUT2D eigenvalue weighted by atomic mass is 10.1. The molecular weight excluding hydrogens is 480 g/mol. The van der Waals surface area contributed by atoms with E-state index in [1.54, 1.807) is 30.5 Å². The molecule has 0 unspecified atom stereocenters. The number of amides is 1. The van der Waals surface area contributed by atoms with Gasteiger partial charge in [-0.2, -0.15) is 0 Å². The van der Waals surface area contributed by atoms with Gasteiger partial charge in [0.2, 0.25) is 0 Å². The molecule has 0 saturated heterocycles. The van der Waals surface area contributed by atoms with Crippen molar-refractivity contribution in [1.82, 2.24) is 14.7 Å². The molecule has 0 bridgehead atoms. The summed E-state index contributed by atoms with van der Waals surface area (Å²) in [6.07, 6.45) is 1.78. The van der Waals surface area contributed by atoms with E-state index in [1.165, 1.54) is 12.1 Å². The molecule has 0 aliphatic rings. The lowest BCUT2D eigenvalue weighted by Gasteiger charge is -2.10. The fourth-order valence-corrected chi connectivity index (χ4v) is 4.26. The van der Waals surface area contributed by atoms with Crippen molar-refractivity contribution in [2.24, 2.45) is 5.73 Å². The summed E-state index contributed by atoms with van der Waals surface area (Å²) < 4.78 is 1.85. The monoisotopic (exact) mass is 506 g/mol. The molecule has 0 aliphatic carbocycles. The van der Waals surface area contributed by atoms with Gasteiger partial charge in [0.05, 0.1) is 4.92 Å². The maximum atomic E-state index is 12.9. The second-order valence-electron chi connectivity index (χ2n) is 8.81. The molecule has 9 nitrogen and oxygen atoms in total. The second kappa shape index (κ2) is 10.9. The van der Waals surface area contributed by atoms with Gasteiger partial charge >= 0.3 is 0 Å². The predicted octanol–water partition coefficient (Wildman–Crippen LogP) is 4.91. The number of imidazole rings is 1. The fourth-order valence-electron chi connectivity index (χ4n) is 4.26. The second-order valence-corrected chi connectivity index (χ2v) is 8.81. The molecule has 4 N–H and O–H groups in total. The molecule has 0 radical (unpaired) electrons. The summed E-state index contributed by atoms with van der Waals surface area (Å²) >= 11 is 0. The summed E-state index contributed by atoms with van der Waals surface area (Å²) in [5.41, 5.74) is 10.9. The Kier molecular flexibility index (Phi) is 7.10. The molecule has 0 saturated carbocycles. The normalized spacial score (nSPS) is 10.9. The minimum atomic E-state index is -0.429. The maximum Gasteiger partial charge on any atom is 0.270 e. The van der Waals surface area contributed by atoms with Crippen LogP contribution < -0.4 is 16.4 Å². The van der Waals surface area contributed by atoms with E-state index in [0.717, 1.165) is 16.7 Å². The van der Waals surface area contributed by atoms with E-state index in [4.69, 9.17) is 10.7 Å². The van der Waals surface area contributed by atoms with E-state index in [9.17, 15) is 14.9 Å². The predicted molar refractivity (Wildman–Crippen MR) is 147 cm³/mol. The first-order chi connectivity index (χ1) is 18.5. The van der Waals surface area contributed by atoms with Gasteiger partial charge in [-0.3, -0.25) is 19.3 Å². The number of anilines is 1. The standard InChI is InChI=1S/C29H26N6O3/c30-17-21-8-4-9-22(14-21)19-32-29(36)24-12-13-34-26(16-24)33-27(23-10-5-11-25(15-23)35(37)38)28(34)31-18-20-6-2-1-3-7-20/h1-16,31H,17-19,30H2,(H,32,36). The Balaban J connectivity index is 1.46. The highest BCUT2D eigenvalue weighted by atomic mass is 16.6. The first kappa shape index (κ1) is 24.7. The van der Waals surface area contributed by atoms with Crippen LogP contribution in [-0.4, -0.2) is 20.2 Å². The molecule has 0 aliphatic heterocycles. The molecule has 0 spiro atoms. The van der Waals surface area contributed by atoms with Crippen molar-refractivity contribution in [3.05, 3.63) is 130 Å². The summed E-state index contributed by atoms with van der Waals surface area (Å²) in [5.74, 6) is 0.444. The van der Waals surface area contributed by atoms with Crippen molar-refractivity contribution in [3.63, 3.8) is 0 Å². The van der Waals surface area contributed by atoms with Gasteiger partial charge in [0.25, 0.3) is 11.6 Å². The van der Waals surface area contributed by atoms with Crippen LogP contribution in [-0.2, 0) is 19.6 Å². The Bertz CT molecular complexity index is 1610. The van der Waals surface area contributed by atoms with E-state index in [0.29, 0.717) is 47.9 Å². The van der Waals surface area contributed by atoms with Gasteiger partial charge in [-0.15, -0.1) is 0 Å². The van der Waals surface area contributed by atoms with Gasteiger partial charge in [0.1, 0.15) is 17.2 Å². The molecule has 2 heterocycles. The molecule has 0 fully saturated rings. The molecule has 5 aromatic rings. The fraction of sp³-hybridized carbons (Fsp3) is 0.103. The third kappa shape index (κ3) is 5.37. The van der Waals surface area contributed by atoms with Gasteiger partial charge in [0.15, 0.2) is 0 Å². The van der Waals surface area contributed by atoms with Gasteiger partial charge in [-0.1, -0.05) is 66.7 Å². The highest BCUT2D eigenvalue weighted by Gasteiger charge is 2.18. The van der Waals surface area contributed by atoms with Crippen LogP contribution >= 0.6 is 0 Å². The third-order valence-corrected chi connectivity index (χ3v) is 6.20. The number of aromatic nitrogens is 2. The van der Waals surface area contributed by atoms with Crippen molar-refractivity contribution < 1.29 is 9.72 Å². The van der Waals surface area contributed by atoms with E-state index < -0.39 is 4.92 Å². The first-order valence-corrected chi connectivity index (χ1v) is 12.1. The Labute approximate surface area is 219 Å². The van der Waals surface area contributed by atoms with E-state index in [2.05, 4.69) is 10.6 Å². The smallest absolute Gasteiger partial charge is 0.270 e. The molecular formula is C29H26N6O3. The number of benzene rings is 3. The van der Waals surface area contributed by atoms with Crippen molar-refractivity contribution >= 4 is 23.1 Å². The van der Waals surface area contributed by atoms with Crippen LogP contribution in [0.5, 0.6) is 0 Å². The highest BCUT2D eigenvalue weighted by molar-refractivity contribution is 5.95. The topological polar surface area (TPSA) is 128 Å². The van der Waals surface area contributed by atoms with E-state index in [-0.39, 0.29) is 11.6 Å². The molecule has 9 heteroatoms. The summed E-state index contributed by atoms with van der Waals surface area (Å²) in [4.78, 5) is 28.7. The Morgan fingerprint density at radius 3 is 2.45 bits per heavy atom. The number of hydrogen-bond donors (Lipinski definition) is 3. The number of pyridine rings is 1. The molecule has 3 aromatic carbocycles. The van der Waals surface area contributed by atoms with Crippen LogP contribution in [0.4, 0.5) is 11.5 Å². The molecule has 1 amide bonds. The van der Waals surface area contributed by atoms with Crippen LogP contribution in [0.3, 0.4) is 0 Å². The number of carbonyl (C=O) groups is 1. The minimum Gasteiger partial charge on any atom is -0.365 e. The van der Waals surface area contributed by atoms with Gasteiger partial charge in [0, 0.05) is 49.1 Å². The number of hydrogen-bond acceptors (Lipinski definition) is 6. The van der Waals surface area contributed by atoms with Crippen molar-refractivity contribution in [2.75, 3.05) is 5.32 Å². The lowest BCUT2D eigenvalue weighted by Crippen LogP contribution is -2.23. The highest BCUT2D eigenvalue weighted by Crippen LogP contribution is 2.31. The number of fused-ring (bicyclic) bond motifs is 1. The lowest BCUT2D eigenvalue weighted by molar-refractivity contribution is -0.384. The van der Waals surface area contributed by atoms with Crippen molar-refractivity contribution in [1.29, 1.82) is 0 Å². The van der Waals surface area contributed by atoms with Gasteiger partial charge in [-0.25, -0.2) is 4.98 Å². The number of non-ortho nitro benzene ring substituents is 1. The summed E-state index contributed by atoms with van der Waals surface area (Å²) in [5, 5.41) is 17.8. The minimum absolute atomic E-state index is 0.0210. The van der Waals surface area contributed by atoms with E-state index >= 15 is 0 Å². The van der Waals surface area contributed by atoms with Crippen LogP contribution in [0, 0.1) is 10.1 Å². The largest absolute Gasteiger partial charge is 0.365 e. The molecule has 2 aromatic heterocycles. The average Bonchev–Trinajstić information content (AvgIpc) is 3.33. The number of rotatable bonds is 9. The first-order valence-electron chi connectivity index (χ1n) is 12.1. The molecule has 190 valence electrons. The molecule has 38 heavy (non-hydrogen) atoms. The summed E-state index contributed by atoms with van der Waals surface area (Å²) in [7, 11) is 0. The Morgan fingerprint density at radius 2 is 1.66 bits per heavy atom. The zero-order chi connectivity index (χ0) is 26.5. The van der Waals surface area contributed by atoms with Crippen molar-refractivity contribution in [3.8, 4) is 11.3 Å². The zero-order valence-corrected chi connectivity index (χ0v) is 20.5. The van der Waals surface area contributed by atoms with Crippen LogP contribution in [0.1, 0.15) is 27.0 Å². The number of nitrogens with two attached hydrogens (primary N) is 1. The van der Waals surface area contributed by atoms with Crippen LogP contribution in [0.2, 0.25) is 0 Å². The molecule has 0 atom stereocenters. The summed E-state index contributed by atoms with van der Waals surface area (Å²) in [6.45, 7) is 1.33. The number of nitro groups is 1. The number of nitro benzene ring substituents is 1. The van der Waals surface area contributed by atoms with Crippen molar-refractivity contribution in [2.45, 2.75) is 19.6 Å². The SMILES string of the molecule is NCc1cccc(CNC(=O)c2ccn3c(NCc4ccccc4)c(-c4cccc([N+](=O)[O-])c4)nc3c2)c1. The summed E-state index contributed by atoms with van der Waals surface area (Å²) in [6, 6.07) is 27.5. The number of nitrogens with zero attached hydrogens (tertiary/aromatic N) is 3. The molecule has 5 rings (SSSR count). The van der Waals surface area contributed by atoms with Gasteiger partial charge < -0.3 is 16.4 Å². The average molecular weight is 507 g/mol. The Hall–Kier alpha value is -5.02. The maximum absolute atomic E-state index is 12.9. The number of nitrogens with one attached hydrogen (secondary N) is 2. The van der Waals surface area contributed by atoms with Crippen LogP contribution in [0.15, 0.2) is 97.2 Å². The quantitative estimate of drug-likeness (QED) is 0.193. The number of carbonyl (C=O) groups excluding carboxylic acids is 1. The van der Waals surface area contributed by atoms with E-state index in [1.807, 2.05) is 59.0 Å².